The molecule has 0 aliphatic carbocycles. The van der Waals surface area contributed by atoms with Crippen molar-refractivity contribution >= 4 is 5.91 Å². The second kappa shape index (κ2) is 6.93. The fraction of sp³-hybridized carbons (Fsp3) is 0.917. The molecule has 3 N–H and O–H groups in total. The summed E-state index contributed by atoms with van der Waals surface area (Å²) in [6.07, 6.45) is 1.01. The molecular weight excluding hydrogens is 218 g/mol. The van der Waals surface area contributed by atoms with E-state index in [-0.39, 0.29) is 24.1 Å². The summed E-state index contributed by atoms with van der Waals surface area (Å²) >= 11 is 0. The van der Waals surface area contributed by atoms with Crippen molar-refractivity contribution in [3.8, 4) is 0 Å². The van der Waals surface area contributed by atoms with Gasteiger partial charge < -0.3 is 15.8 Å². The molecule has 1 aliphatic rings. The highest BCUT2D eigenvalue weighted by Crippen LogP contribution is 2.08. The van der Waals surface area contributed by atoms with E-state index >= 15 is 0 Å². The first-order chi connectivity index (χ1) is 8.08. The van der Waals surface area contributed by atoms with Gasteiger partial charge in [-0.15, -0.1) is 0 Å². The lowest BCUT2D eigenvalue weighted by Crippen LogP contribution is -2.54. The topological polar surface area (TPSA) is 67.6 Å². The van der Waals surface area contributed by atoms with Gasteiger partial charge >= 0.3 is 0 Å². The second-order valence-electron chi connectivity index (χ2n) is 4.72. The van der Waals surface area contributed by atoms with Crippen LogP contribution in [0.3, 0.4) is 0 Å². The Balaban J connectivity index is 2.45. The van der Waals surface area contributed by atoms with Gasteiger partial charge in [0.15, 0.2) is 0 Å². The number of morpholine rings is 1. The van der Waals surface area contributed by atoms with Crippen LogP contribution in [0.5, 0.6) is 0 Å². The van der Waals surface area contributed by atoms with Crippen molar-refractivity contribution in [3.63, 3.8) is 0 Å². The van der Waals surface area contributed by atoms with E-state index < -0.39 is 0 Å². The summed E-state index contributed by atoms with van der Waals surface area (Å²) in [6, 6.07) is 0.123. The minimum Gasteiger partial charge on any atom is -0.374 e. The quantitative estimate of drug-likeness (QED) is 0.710. The van der Waals surface area contributed by atoms with E-state index in [1.165, 1.54) is 0 Å². The fourth-order valence-electron chi connectivity index (χ4n) is 1.87. The molecule has 0 saturated carbocycles. The minimum absolute atomic E-state index is 0.0580. The number of nitrogens with two attached hydrogens (primary N) is 1. The molecule has 1 aliphatic heterocycles. The SMILES string of the molecule is CCC(C)NC(=O)C(C)N1CCOC(CN)C1. The van der Waals surface area contributed by atoms with Crippen LogP contribution in [0.25, 0.3) is 0 Å². The third kappa shape index (κ3) is 4.26. The van der Waals surface area contributed by atoms with Gasteiger partial charge in [0.2, 0.25) is 5.91 Å². The molecule has 0 bridgehead atoms. The van der Waals surface area contributed by atoms with Crippen molar-refractivity contribution in [1.29, 1.82) is 0 Å². The molecule has 0 spiro atoms. The molecular formula is C12H25N3O2. The summed E-state index contributed by atoms with van der Waals surface area (Å²) in [7, 11) is 0. The molecule has 3 unspecified atom stereocenters. The Morgan fingerprint density at radius 2 is 2.29 bits per heavy atom. The number of carbonyl (C=O) groups is 1. The van der Waals surface area contributed by atoms with Gasteiger partial charge in [-0.25, -0.2) is 0 Å². The maximum absolute atomic E-state index is 12.0. The average molecular weight is 243 g/mol. The van der Waals surface area contributed by atoms with Crippen LogP contribution in [0, 0.1) is 0 Å². The zero-order valence-corrected chi connectivity index (χ0v) is 11.1. The van der Waals surface area contributed by atoms with Crippen LogP contribution in [-0.4, -0.2) is 55.2 Å². The Morgan fingerprint density at radius 3 is 2.88 bits per heavy atom. The van der Waals surface area contributed by atoms with Gasteiger partial charge in [-0.05, 0) is 20.3 Å². The Kier molecular flexibility index (Phi) is 5.88. The number of nitrogens with one attached hydrogen (secondary N) is 1. The van der Waals surface area contributed by atoms with Gasteiger partial charge in [0.1, 0.15) is 0 Å². The number of ether oxygens (including phenoxy) is 1. The summed E-state index contributed by atoms with van der Waals surface area (Å²) in [5.74, 6) is 0.0945. The molecule has 0 aromatic heterocycles. The van der Waals surface area contributed by atoms with Crippen molar-refractivity contribution in [1.82, 2.24) is 10.2 Å². The molecule has 5 nitrogen and oxygen atoms in total. The predicted octanol–water partition coefficient (Wildman–Crippen LogP) is -0.0509. The van der Waals surface area contributed by atoms with Gasteiger partial charge in [-0.3, -0.25) is 9.69 Å². The number of hydrogen-bond acceptors (Lipinski definition) is 4. The van der Waals surface area contributed by atoms with Crippen LogP contribution in [0.2, 0.25) is 0 Å². The lowest BCUT2D eigenvalue weighted by molar-refractivity contribution is -0.129. The lowest BCUT2D eigenvalue weighted by Gasteiger charge is -2.36. The monoisotopic (exact) mass is 243 g/mol. The van der Waals surface area contributed by atoms with Gasteiger partial charge in [-0.2, -0.15) is 0 Å². The van der Waals surface area contributed by atoms with Crippen LogP contribution in [0.4, 0.5) is 0 Å². The lowest BCUT2D eigenvalue weighted by atomic mass is 10.1. The minimum atomic E-state index is -0.109. The highest BCUT2D eigenvalue weighted by atomic mass is 16.5. The van der Waals surface area contributed by atoms with E-state index in [0.717, 1.165) is 19.5 Å². The van der Waals surface area contributed by atoms with E-state index in [0.29, 0.717) is 13.2 Å². The molecule has 0 aromatic rings. The van der Waals surface area contributed by atoms with Crippen molar-refractivity contribution in [3.05, 3.63) is 0 Å². The molecule has 0 radical (unpaired) electrons. The second-order valence-corrected chi connectivity index (χ2v) is 4.72. The largest absolute Gasteiger partial charge is 0.374 e. The Hall–Kier alpha value is -0.650. The van der Waals surface area contributed by atoms with Crippen LogP contribution in [-0.2, 0) is 9.53 Å². The maximum Gasteiger partial charge on any atom is 0.237 e. The third-order valence-electron chi connectivity index (χ3n) is 3.36. The van der Waals surface area contributed by atoms with Crippen molar-refractivity contribution < 1.29 is 9.53 Å². The van der Waals surface area contributed by atoms with E-state index in [1.807, 2.05) is 13.8 Å². The van der Waals surface area contributed by atoms with Crippen molar-refractivity contribution in [2.24, 2.45) is 5.73 Å². The summed E-state index contributed by atoms with van der Waals surface area (Å²) in [5, 5.41) is 3.01. The van der Waals surface area contributed by atoms with Crippen LogP contribution in [0.1, 0.15) is 27.2 Å². The molecule has 1 amide bonds. The maximum atomic E-state index is 12.0. The summed E-state index contributed by atoms with van der Waals surface area (Å²) < 4.78 is 5.49. The van der Waals surface area contributed by atoms with Crippen LogP contribution < -0.4 is 11.1 Å². The molecule has 1 saturated heterocycles. The average Bonchev–Trinajstić information content (AvgIpc) is 2.37. The highest BCUT2D eigenvalue weighted by Gasteiger charge is 2.27. The fourth-order valence-corrected chi connectivity index (χ4v) is 1.87. The third-order valence-corrected chi connectivity index (χ3v) is 3.36. The zero-order valence-electron chi connectivity index (χ0n) is 11.1. The Morgan fingerprint density at radius 1 is 1.59 bits per heavy atom. The first-order valence-corrected chi connectivity index (χ1v) is 6.44. The van der Waals surface area contributed by atoms with Crippen molar-refractivity contribution in [2.75, 3.05) is 26.2 Å². The number of amides is 1. The molecule has 17 heavy (non-hydrogen) atoms. The van der Waals surface area contributed by atoms with E-state index in [2.05, 4.69) is 17.1 Å². The molecule has 5 heteroatoms. The van der Waals surface area contributed by atoms with Crippen LogP contribution >= 0.6 is 0 Å². The number of hydrogen-bond donors (Lipinski definition) is 2. The highest BCUT2D eigenvalue weighted by molar-refractivity contribution is 5.81. The number of carbonyl (C=O) groups excluding carboxylic acids is 1. The summed E-state index contributed by atoms with van der Waals surface area (Å²) in [5.41, 5.74) is 5.59. The molecule has 1 fully saturated rings. The summed E-state index contributed by atoms with van der Waals surface area (Å²) in [4.78, 5) is 14.1. The Labute approximate surface area is 104 Å². The van der Waals surface area contributed by atoms with Crippen LogP contribution in [0.15, 0.2) is 0 Å². The summed E-state index contributed by atoms with van der Waals surface area (Å²) in [6.45, 7) is 8.73. The van der Waals surface area contributed by atoms with E-state index in [4.69, 9.17) is 10.5 Å². The van der Waals surface area contributed by atoms with Gasteiger partial charge in [0, 0.05) is 25.7 Å². The number of rotatable bonds is 5. The van der Waals surface area contributed by atoms with E-state index in [1.54, 1.807) is 0 Å². The van der Waals surface area contributed by atoms with Gasteiger partial charge in [0.05, 0.1) is 18.8 Å². The van der Waals surface area contributed by atoms with Gasteiger partial charge in [0.25, 0.3) is 0 Å². The predicted molar refractivity (Wildman–Crippen MR) is 67.7 cm³/mol. The standard InChI is InChI=1S/C12H25N3O2/c1-4-9(2)14-12(16)10(3)15-5-6-17-11(7-13)8-15/h9-11H,4-8,13H2,1-3H3,(H,14,16). The van der Waals surface area contributed by atoms with E-state index in [9.17, 15) is 4.79 Å². The number of nitrogens with zero attached hydrogens (tertiary/aromatic N) is 1. The Bertz CT molecular complexity index is 248. The molecule has 100 valence electrons. The van der Waals surface area contributed by atoms with Crippen molar-refractivity contribution in [2.45, 2.75) is 45.4 Å². The molecule has 1 rings (SSSR count). The molecule has 0 aromatic carbocycles. The first-order valence-electron chi connectivity index (χ1n) is 6.44. The zero-order chi connectivity index (χ0) is 12.8. The molecule has 3 atom stereocenters. The first kappa shape index (κ1) is 14.4. The van der Waals surface area contributed by atoms with Gasteiger partial charge in [-0.1, -0.05) is 6.92 Å². The smallest absolute Gasteiger partial charge is 0.237 e. The molecule has 1 heterocycles. The normalized spacial score (nSPS) is 25.3.